The van der Waals surface area contributed by atoms with Gasteiger partial charge in [-0.05, 0) is 24.3 Å². The van der Waals surface area contributed by atoms with Crippen LogP contribution in [0.5, 0.6) is 0 Å². The number of aliphatic carboxylic acids is 2. The normalized spacial score (nSPS) is 15.5. The van der Waals surface area contributed by atoms with Crippen LogP contribution in [0.3, 0.4) is 0 Å². The molecule has 8 nitrogen and oxygen atoms in total. The van der Waals surface area contributed by atoms with Crippen molar-refractivity contribution >= 4 is 49.7 Å². The van der Waals surface area contributed by atoms with Crippen LogP contribution in [0.25, 0.3) is 21.8 Å². The Hall–Kier alpha value is -2.46. The molecule has 2 heterocycles. The minimum Gasteiger partial charge on any atom is -0.543 e. The van der Waals surface area contributed by atoms with E-state index in [-0.39, 0.29) is 6.10 Å². The van der Waals surface area contributed by atoms with Gasteiger partial charge < -0.3 is 39.7 Å². The number of fused-ring (bicyclic) bond motifs is 3. The van der Waals surface area contributed by atoms with Crippen molar-refractivity contribution < 1.29 is 35.1 Å². The van der Waals surface area contributed by atoms with Crippen molar-refractivity contribution in [3.05, 3.63) is 46.9 Å². The van der Waals surface area contributed by atoms with E-state index in [1.807, 2.05) is 0 Å². The lowest BCUT2D eigenvalue weighted by atomic mass is 10.2. The minimum atomic E-state index is -2.19. The number of carbonyl (C=O) groups is 2. The van der Waals surface area contributed by atoms with Crippen LogP contribution in [-0.4, -0.2) is 60.4 Å². The molecule has 2 aromatic carbocycles. The number of carboxylic acids is 2. The molecule has 0 saturated carbocycles. The fourth-order valence-corrected chi connectivity index (χ4v) is 4.28. The topological polar surface area (TPSA) is 126 Å². The lowest BCUT2D eigenvalue weighted by molar-refractivity contribution is -0.949. The zero-order valence-electron chi connectivity index (χ0n) is 16.3. The summed E-state index contributed by atoms with van der Waals surface area (Å²) >= 11 is 3.58. The van der Waals surface area contributed by atoms with Gasteiger partial charge in [0.2, 0.25) is 0 Å². The summed E-state index contributed by atoms with van der Waals surface area (Å²) in [6, 6.07) is 14.9. The third-order valence-corrected chi connectivity index (χ3v) is 5.72. The Balaban J connectivity index is 0.000000377. The van der Waals surface area contributed by atoms with E-state index < -0.39 is 11.9 Å². The van der Waals surface area contributed by atoms with E-state index in [0.29, 0.717) is 6.54 Å². The number of hydrogen-bond acceptors (Lipinski definition) is 5. The van der Waals surface area contributed by atoms with Gasteiger partial charge in [-0.2, -0.15) is 0 Å². The summed E-state index contributed by atoms with van der Waals surface area (Å²) in [5, 5.41) is 33.4. The Morgan fingerprint density at radius 3 is 2.37 bits per heavy atom. The summed E-state index contributed by atoms with van der Waals surface area (Å²) in [5.41, 5.74) is 2.40. The quantitative estimate of drug-likeness (QED) is 0.342. The molecule has 4 rings (SSSR count). The molecule has 0 aliphatic carbocycles. The average Bonchev–Trinajstić information content (AvgIpc) is 3.02. The Morgan fingerprint density at radius 2 is 1.70 bits per heavy atom. The SMILES string of the molecule is O=C([O-])C(=O)[O-].OC(Cn1c2ccccc2c2cc(Br)ccc21)C[NH+]1CC[NH2+]CC1. The van der Waals surface area contributed by atoms with Gasteiger partial charge in [0.25, 0.3) is 0 Å². The predicted molar refractivity (Wildman–Crippen MR) is 110 cm³/mol. The van der Waals surface area contributed by atoms with Crippen LogP contribution in [0, 0.1) is 0 Å². The van der Waals surface area contributed by atoms with E-state index in [4.69, 9.17) is 19.8 Å². The van der Waals surface area contributed by atoms with Gasteiger partial charge in [-0.3, -0.25) is 0 Å². The number of nitrogens with one attached hydrogen (secondary N) is 1. The number of nitrogens with two attached hydrogens (primary N) is 1. The Morgan fingerprint density at radius 1 is 1.07 bits per heavy atom. The molecule has 0 spiro atoms. The Bertz CT molecular complexity index is 1030. The molecule has 30 heavy (non-hydrogen) atoms. The number of carbonyl (C=O) groups excluding carboxylic acids is 2. The van der Waals surface area contributed by atoms with Crippen molar-refractivity contribution in [3.63, 3.8) is 0 Å². The first kappa shape index (κ1) is 22.2. The van der Waals surface area contributed by atoms with E-state index in [0.717, 1.165) is 24.1 Å². The number of aromatic nitrogens is 1. The smallest absolute Gasteiger partial charge is 0.127 e. The van der Waals surface area contributed by atoms with Crippen molar-refractivity contribution in [2.24, 2.45) is 0 Å². The number of rotatable bonds is 4. The Labute approximate surface area is 181 Å². The van der Waals surface area contributed by atoms with Crippen molar-refractivity contribution in [2.45, 2.75) is 12.6 Å². The number of quaternary nitrogens is 2. The number of benzene rings is 2. The van der Waals surface area contributed by atoms with Gasteiger partial charge in [0.05, 0.1) is 18.5 Å². The van der Waals surface area contributed by atoms with E-state index in [9.17, 15) is 5.11 Å². The van der Waals surface area contributed by atoms with E-state index in [2.05, 4.69) is 68.3 Å². The van der Waals surface area contributed by atoms with Gasteiger partial charge >= 0.3 is 0 Å². The number of halogens is 1. The molecule has 4 N–H and O–H groups in total. The standard InChI is InChI=1S/C19H22BrN3O.C2H2O4/c20-14-5-6-19-17(11-14)16-3-1-2-4-18(16)23(19)13-15(24)12-22-9-7-21-8-10-22;3-1(4)2(5)6/h1-6,11,15,21,24H,7-10,12-13H2;(H,3,4)(H,5,6). The molecule has 1 aliphatic heterocycles. The van der Waals surface area contributed by atoms with Gasteiger partial charge in [0.1, 0.15) is 38.8 Å². The molecule has 1 fully saturated rings. The van der Waals surface area contributed by atoms with E-state index >= 15 is 0 Å². The van der Waals surface area contributed by atoms with Crippen LogP contribution < -0.4 is 20.4 Å². The number of aliphatic hydroxyl groups is 1. The summed E-state index contributed by atoms with van der Waals surface area (Å²) in [7, 11) is 0. The molecule has 160 valence electrons. The predicted octanol–water partition coefficient (Wildman–Crippen LogP) is -3.13. The molecule has 0 bridgehead atoms. The van der Waals surface area contributed by atoms with Crippen LogP contribution in [-0.2, 0) is 16.1 Å². The second-order valence-electron chi connectivity index (χ2n) is 7.34. The zero-order chi connectivity index (χ0) is 21.7. The second-order valence-corrected chi connectivity index (χ2v) is 8.25. The fourth-order valence-electron chi connectivity index (χ4n) is 3.92. The molecule has 1 aromatic heterocycles. The summed E-state index contributed by atoms with van der Waals surface area (Å²) in [4.78, 5) is 19.4. The third kappa shape index (κ3) is 5.37. The highest BCUT2D eigenvalue weighted by Crippen LogP contribution is 2.31. The van der Waals surface area contributed by atoms with Crippen molar-refractivity contribution in [3.8, 4) is 0 Å². The van der Waals surface area contributed by atoms with Crippen LogP contribution in [0.2, 0.25) is 0 Å². The van der Waals surface area contributed by atoms with Crippen molar-refractivity contribution in [1.82, 2.24) is 4.57 Å². The summed E-state index contributed by atoms with van der Waals surface area (Å²) < 4.78 is 3.37. The van der Waals surface area contributed by atoms with Crippen LogP contribution in [0.15, 0.2) is 46.9 Å². The molecule has 3 aromatic rings. The molecule has 1 aliphatic rings. The average molecular weight is 478 g/mol. The molecule has 0 radical (unpaired) electrons. The van der Waals surface area contributed by atoms with Crippen molar-refractivity contribution in [1.29, 1.82) is 0 Å². The fraction of sp³-hybridized carbons (Fsp3) is 0.333. The van der Waals surface area contributed by atoms with Gasteiger partial charge in [-0.25, -0.2) is 0 Å². The highest BCUT2D eigenvalue weighted by atomic mass is 79.9. The number of hydrogen-bond donors (Lipinski definition) is 3. The Kier molecular flexibility index (Phi) is 7.43. The lowest BCUT2D eigenvalue weighted by Gasteiger charge is -2.25. The van der Waals surface area contributed by atoms with Gasteiger partial charge in [-0.1, -0.05) is 34.1 Å². The first-order valence-electron chi connectivity index (χ1n) is 9.79. The first-order valence-corrected chi connectivity index (χ1v) is 10.6. The molecule has 1 saturated heterocycles. The summed E-state index contributed by atoms with van der Waals surface area (Å²) in [5.74, 6) is -4.37. The number of para-hydroxylation sites is 1. The number of carboxylic acid groups (broad SMARTS) is 2. The molecule has 1 atom stereocenters. The third-order valence-electron chi connectivity index (χ3n) is 5.22. The van der Waals surface area contributed by atoms with E-state index in [1.54, 1.807) is 0 Å². The van der Waals surface area contributed by atoms with Crippen LogP contribution >= 0.6 is 15.9 Å². The van der Waals surface area contributed by atoms with Crippen LogP contribution in [0.1, 0.15) is 0 Å². The summed E-state index contributed by atoms with van der Waals surface area (Å²) in [6.07, 6.45) is -0.319. The highest BCUT2D eigenvalue weighted by molar-refractivity contribution is 9.10. The number of aliphatic hydroxyl groups excluding tert-OH is 1. The molecular formula is C21H24BrN3O5. The molecule has 1 unspecified atom stereocenters. The first-order chi connectivity index (χ1) is 14.4. The number of piperazine rings is 1. The zero-order valence-corrected chi connectivity index (χ0v) is 17.9. The highest BCUT2D eigenvalue weighted by Gasteiger charge is 2.21. The van der Waals surface area contributed by atoms with Crippen molar-refractivity contribution in [2.75, 3.05) is 32.7 Å². The van der Waals surface area contributed by atoms with Gasteiger partial charge in [0.15, 0.2) is 0 Å². The number of nitrogens with zero attached hydrogens (tertiary/aromatic N) is 1. The summed E-state index contributed by atoms with van der Waals surface area (Å²) in [6.45, 7) is 6.13. The van der Waals surface area contributed by atoms with E-state index in [1.165, 1.54) is 39.8 Å². The monoisotopic (exact) mass is 477 g/mol. The molecular weight excluding hydrogens is 454 g/mol. The minimum absolute atomic E-state index is 0.319. The van der Waals surface area contributed by atoms with Crippen LogP contribution in [0.4, 0.5) is 0 Å². The lowest BCUT2D eigenvalue weighted by Crippen LogP contribution is -3.21. The maximum Gasteiger partial charge on any atom is 0.127 e. The largest absolute Gasteiger partial charge is 0.543 e. The van der Waals surface area contributed by atoms with Gasteiger partial charge in [0, 0.05) is 26.3 Å². The molecule has 9 heteroatoms. The maximum absolute atomic E-state index is 10.7. The molecule has 0 amide bonds. The second kappa shape index (κ2) is 10.0. The van der Waals surface area contributed by atoms with Gasteiger partial charge in [-0.15, -0.1) is 0 Å². The maximum atomic E-state index is 10.7.